The van der Waals surface area contributed by atoms with Gasteiger partial charge >= 0.3 is 0 Å². The quantitative estimate of drug-likeness (QED) is 0.828. The highest BCUT2D eigenvalue weighted by molar-refractivity contribution is 7.92. The lowest BCUT2D eigenvalue weighted by Crippen LogP contribution is -2.24. The van der Waals surface area contributed by atoms with Gasteiger partial charge in [-0.25, -0.2) is 17.2 Å². The molecule has 0 aliphatic carbocycles. The Labute approximate surface area is 103 Å². The minimum atomic E-state index is -3.57. The number of halogens is 2. The summed E-state index contributed by atoms with van der Waals surface area (Å²) in [5.41, 5.74) is -0.00676. The van der Waals surface area contributed by atoms with E-state index in [1.807, 2.05) is 0 Å². The van der Waals surface area contributed by atoms with E-state index in [0.29, 0.717) is 0 Å². The van der Waals surface area contributed by atoms with E-state index < -0.39 is 33.1 Å². The van der Waals surface area contributed by atoms with Gasteiger partial charge in [-0.05, 0) is 12.1 Å². The lowest BCUT2D eigenvalue weighted by atomic mass is 10.3. The molecule has 0 spiro atoms. The van der Waals surface area contributed by atoms with Crippen molar-refractivity contribution in [3.8, 4) is 0 Å². The predicted molar refractivity (Wildman–Crippen MR) is 63.8 cm³/mol. The zero-order chi connectivity index (χ0) is 13.8. The topological polar surface area (TPSA) is 63.2 Å². The van der Waals surface area contributed by atoms with E-state index >= 15 is 0 Å². The molecule has 98 valence electrons. The molecule has 1 rings (SSSR count). The molecule has 0 radical (unpaired) electrons. The van der Waals surface area contributed by atoms with Crippen molar-refractivity contribution in [3.63, 3.8) is 0 Å². The van der Waals surface area contributed by atoms with Crippen LogP contribution in [0.15, 0.2) is 30.9 Å². The molecule has 0 heterocycles. The third-order valence-corrected chi connectivity index (χ3v) is 3.37. The van der Waals surface area contributed by atoms with Crippen molar-refractivity contribution in [1.82, 2.24) is 0 Å². The molecule has 1 aromatic rings. The van der Waals surface area contributed by atoms with Gasteiger partial charge in [0.2, 0.25) is 5.91 Å². The maximum absolute atomic E-state index is 12.8. The Morgan fingerprint density at radius 1 is 1.33 bits per heavy atom. The second-order valence-electron chi connectivity index (χ2n) is 3.52. The largest absolute Gasteiger partial charge is 0.325 e. The van der Waals surface area contributed by atoms with Gasteiger partial charge in [0.05, 0.1) is 5.75 Å². The molecular weight excluding hydrogens is 264 g/mol. The third kappa shape index (κ3) is 4.25. The molecule has 0 unspecified atom stereocenters. The number of carbonyl (C=O) groups excluding carboxylic acids is 1. The van der Waals surface area contributed by atoms with Crippen molar-refractivity contribution < 1.29 is 22.0 Å². The molecule has 0 fully saturated rings. The number of sulfone groups is 1. The normalized spacial score (nSPS) is 11.0. The number of hydrogen-bond donors (Lipinski definition) is 1. The Morgan fingerprint density at radius 3 is 2.56 bits per heavy atom. The summed E-state index contributed by atoms with van der Waals surface area (Å²) in [6.45, 7) is 3.26. The molecule has 0 aromatic heterocycles. The van der Waals surface area contributed by atoms with Gasteiger partial charge in [-0.2, -0.15) is 0 Å². The second-order valence-corrected chi connectivity index (χ2v) is 5.63. The molecule has 0 aliphatic heterocycles. The van der Waals surface area contributed by atoms with Crippen LogP contribution < -0.4 is 5.32 Å². The molecule has 0 atom stereocenters. The summed E-state index contributed by atoms with van der Waals surface area (Å²) in [5.74, 6) is -4.05. The Kier molecular flexibility index (Phi) is 4.55. The van der Waals surface area contributed by atoms with E-state index in [-0.39, 0.29) is 11.4 Å². The van der Waals surface area contributed by atoms with Gasteiger partial charge in [0.15, 0.2) is 21.5 Å². The lowest BCUT2D eigenvalue weighted by molar-refractivity contribution is -0.113. The summed E-state index contributed by atoms with van der Waals surface area (Å²) >= 11 is 0. The monoisotopic (exact) mass is 275 g/mol. The summed E-state index contributed by atoms with van der Waals surface area (Å²) in [5, 5.41) is 2.17. The number of amides is 1. The summed E-state index contributed by atoms with van der Waals surface area (Å²) in [6, 6.07) is 2.74. The van der Waals surface area contributed by atoms with Gasteiger partial charge in [0.25, 0.3) is 0 Å². The van der Waals surface area contributed by atoms with Crippen molar-refractivity contribution in [1.29, 1.82) is 0 Å². The van der Waals surface area contributed by atoms with E-state index in [2.05, 4.69) is 11.9 Å². The first kappa shape index (κ1) is 14.3. The van der Waals surface area contributed by atoms with Crippen molar-refractivity contribution in [3.05, 3.63) is 42.5 Å². The molecule has 4 nitrogen and oxygen atoms in total. The van der Waals surface area contributed by atoms with Crippen LogP contribution in [0.1, 0.15) is 0 Å². The number of carbonyl (C=O) groups is 1. The maximum Gasteiger partial charge on any atom is 0.239 e. The van der Waals surface area contributed by atoms with Crippen LogP contribution in [-0.4, -0.2) is 25.8 Å². The maximum atomic E-state index is 12.8. The highest BCUT2D eigenvalue weighted by atomic mass is 32.2. The van der Waals surface area contributed by atoms with E-state index in [1.165, 1.54) is 6.08 Å². The fraction of sp³-hybridized carbons (Fsp3) is 0.182. The Morgan fingerprint density at radius 2 is 2.00 bits per heavy atom. The predicted octanol–water partition coefficient (Wildman–Crippen LogP) is 1.50. The summed E-state index contributed by atoms with van der Waals surface area (Å²) < 4.78 is 48.0. The van der Waals surface area contributed by atoms with E-state index in [4.69, 9.17) is 0 Å². The zero-order valence-corrected chi connectivity index (χ0v) is 10.1. The molecule has 7 heteroatoms. The first-order valence-electron chi connectivity index (χ1n) is 4.90. The lowest BCUT2D eigenvalue weighted by Gasteiger charge is -2.05. The standard InChI is InChI=1S/C11H11F2NO3S/c1-2-5-18(16,17)7-11(15)14-8-3-4-9(12)10(13)6-8/h2-4,6H,1,5,7H2,(H,14,15). The third-order valence-electron chi connectivity index (χ3n) is 1.93. The van der Waals surface area contributed by atoms with Crippen LogP contribution in [0.4, 0.5) is 14.5 Å². The molecule has 1 amide bonds. The number of anilines is 1. The van der Waals surface area contributed by atoms with Crippen LogP contribution in [0.3, 0.4) is 0 Å². The Balaban J connectivity index is 2.70. The van der Waals surface area contributed by atoms with Crippen molar-refractivity contribution in [2.45, 2.75) is 0 Å². The second kappa shape index (κ2) is 5.72. The van der Waals surface area contributed by atoms with Gasteiger partial charge < -0.3 is 5.32 Å². The average molecular weight is 275 g/mol. The summed E-state index contributed by atoms with van der Waals surface area (Å²) in [7, 11) is -3.57. The molecular formula is C11H11F2NO3S. The van der Waals surface area contributed by atoms with E-state index in [9.17, 15) is 22.0 Å². The summed E-state index contributed by atoms with van der Waals surface area (Å²) in [4.78, 5) is 11.4. The molecule has 1 aromatic carbocycles. The minimum Gasteiger partial charge on any atom is -0.325 e. The first-order chi connectivity index (χ1) is 8.34. The SMILES string of the molecule is C=CCS(=O)(=O)CC(=O)Nc1ccc(F)c(F)c1. The number of hydrogen-bond acceptors (Lipinski definition) is 3. The van der Waals surface area contributed by atoms with Gasteiger partial charge in [-0.1, -0.05) is 6.08 Å². The van der Waals surface area contributed by atoms with Gasteiger partial charge in [-0.15, -0.1) is 6.58 Å². The fourth-order valence-corrected chi connectivity index (χ4v) is 2.16. The number of rotatable bonds is 5. The molecule has 0 bridgehead atoms. The molecule has 1 N–H and O–H groups in total. The molecule has 0 saturated carbocycles. The number of benzene rings is 1. The van der Waals surface area contributed by atoms with Crippen LogP contribution in [0.2, 0.25) is 0 Å². The van der Waals surface area contributed by atoms with Crippen molar-refractivity contribution in [2.75, 3.05) is 16.8 Å². The van der Waals surface area contributed by atoms with E-state index in [0.717, 1.165) is 18.2 Å². The van der Waals surface area contributed by atoms with Gasteiger partial charge in [-0.3, -0.25) is 4.79 Å². The highest BCUT2D eigenvalue weighted by Crippen LogP contribution is 2.13. The minimum absolute atomic E-state index is 0.00676. The average Bonchev–Trinajstić information content (AvgIpc) is 2.22. The smallest absolute Gasteiger partial charge is 0.239 e. The van der Waals surface area contributed by atoms with Crippen LogP contribution >= 0.6 is 0 Å². The fourth-order valence-electron chi connectivity index (χ4n) is 1.21. The van der Waals surface area contributed by atoms with Crippen LogP contribution in [0, 0.1) is 11.6 Å². The highest BCUT2D eigenvalue weighted by Gasteiger charge is 2.15. The Bertz CT molecular complexity index is 570. The van der Waals surface area contributed by atoms with Crippen molar-refractivity contribution >= 4 is 21.4 Å². The molecule has 18 heavy (non-hydrogen) atoms. The number of nitrogens with one attached hydrogen (secondary N) is 1. The van der Waals surface area contributed by atoms with Gasteiger partial charge in [0.1, 0.15) is 5.75 Å². The summed E-state index contributed by atoms with van der Waals surface area (Å²) in [6.07, 6.45) is 1.17. The first-order valence-corrected chi connectivity index (χ1v) is 6.72. The van der Waals surface area contributed by atoms with Crippen LogP contribution in [-0.2, 0) is 14.6 Å². The van der Waals surface area contributed by atoms with Crippen LogP contribution in [0.25, 0.3) is 0 Å². The molecule has 0 saturated heterocycles. The zero-order valence-electron chi connectivity index (χ0n) is 9.32. The van der Waals surface area contributed by atoms with E-state index in [1.54, 1.807) is 0 Å². The molecule has 0 aliphatic rings. The van der Waals surface area contributed by atoms with Crippen molar-refractivity contribution in [2.24, 2.45) is 0 Å². The van der Waals surface area contributed by atoms with Gasteiger partial charge in [0, 0.05) is 11.8 Å². The van der Waals surface area contributed by atoms with Crippen LogP contribution in [0.5, 0.6) is 0 Å². The Hall–Kier alpha value is -1.76.